The first-order valence-corrected chi connectivity index (χ1v) is 10.2. The molecule has 3 aromatic rings. The van der Waals surface area contributed by atoms with Gasteiger partial charge in [-0.1, -0.05) is 56.4 Å². The molecule has 1 atom stereocenters. The highest BCUT2D eigenvalue weighted by atomic mass is 32.1. The van der Waals surface area contributed by atoms with Crippen molar-refractivity contribution < 1.29 is 14.0 Å². The summed E-state index contributed by atoms with van der Waals surface area (Å²) in [7, 11) is 0. The third-order valence-electron chi connectivity index (χ3n) is 4.84. The Hall–Kier alpha value is -3.00. The molecule has 1 aromatic carbocycles. The average molecular weight is 410 g/mol. The van der Waals surface area contributed by atoms with Gasteiger partial charge in [-0.3, -0.25) is 14.9 Å². The number of fused-ring (bicyclic) bond motifs is 1. The van der Waals surface area contributed by atoms with Crippen LogP contribution in [0.5, 0.6) is 0 Å². The molecule has 1 unspecified atom stereocenters. The number of hydrogen-bond donors (Lipinski definition) is 1. The molecule has 1 N–H and O–H groups in total. The summed E-state index contributed by atoms with van der Waals surface area (Å²) < 4.78 is 5.28. The van der Waals surface area contributed by atoms with E-state index in [0.29, 0.717) is 18.1 Å². The summed E-state index contributed by atoms with van der Waals surface area (Å²) in [6.07, 6.45) is 1.88. The van der Waals surface area contributed by atoms with Gasteiger partial charge >= 0.3 is 0 Å². The van der Waals surface area contributed by atoms with Gasteiger partial charge in [-0.2, -0.15) is 0 Å². The molecule has 1 aliphatic heterocycles. The normalized spacial score (nSPS) is 16.4. The lowest BCUT2D eigenvalue weighted by Gasteiger charge is -2.35. The second kappa shape index (κ2) is 7.44. The second-order valence-corrected chi connectivity index (χ2v) is 9.03. The Morgan fingerprint density at radius 2 is 1.90 bits per heavy atom. The van der Waals surface area contributed by atoms with Crippen LogP contribution in [0.4, 0.5) is 5.13 Å². The summed E-state index contributed by atoms with van der Waals surface area (Å²) in [6, 6.07) is 10.5. The minimum Gasteiger partial charge on any atom is -0.459 e. The largest absolute Gasteiger partial charge is 0.459 e. The van der Waals surface area contributed by atoms with E-state index in [1.807, 2.05) is 45.0 Å². The van der Waals surface area contributed by atoms with Crippen LogP contribution >= 0.6 is 11.3 Å². The maximum atomic E-state index is 13.1. The van der Waals surface area contributed by atoms with Crippen molar-refractivity contribution in [2.45, 2.75) is 45.2 Å². The van der Waals surface area contributed by atoms with Gasteiger partial charge in [-0.05, 0) is 23.3 Å². The Bertz CT molecular complexity index is 1040. The molecule has 7 nitrogen and oxygen atoms in total. The van der Waals surface area contributed by atoms with Gasteiger partial charge < -0.3 is 9.32 Å². The van der Waals surface area contributed by atoms with Gasteiger partial charge in [-0.25, -0.2) is 0 Å². The standard InChI is InChI=1S/C21H22N4O3S/c1-21(2,3)19-23-24-20(29-19)22-17(26)15-11-13-7-4-5-8-14(13)12-25(15)18(27)16-9-6-10-28-16/h4-10,15H,11-12H2,1-3H3,(H,22,24,26). The first-order chi connectivity index (χ1) is 13.8. The Morgan fingerprint density at radius 3 is 2.55 bits per heavy atom. The molecule has 29 heavy (non-hydrogen) atoms. The molecule has 3 heterocycles. The van der Waals surface area contributed by atoms with E-state index in [9.17, 15) is 9.59 Å². The summed E-state index contributed by atoms with van der Waals surface area (Å²) in [4.78, 5) is 27.7. The van der Waals surface area contributed by atoms with Gasteiger partial charge in [0.25, 0.3) is 5.91 Å². The second-order valence-electron chi connectivity index (χ2n) is 8.05. The third-order valence-corrected chi connectivity index (χ3v) is 6.11. The Balaban J connectivity index is 1.60. The number of carbonyl (C=O) groups is 2. The lowest BCUT2D eigenvalue weighted by molar-refractivity contribution is -0.121. The van der Waals surface area contributed by atoms with Gasteiger partial charge in [0.2, 0.25) is 11.0 Å². The molecule has 8 heteroatoms. The van der Waals surface area contributed by atoms with Crippen LogP contribution in [-0.4, -0.2) is 33.0 Å². The zero-order valence-corrected chi connectivity index (χ0v) is 17.3. The van der Waals surface area contributed by atoms with Gasteiger partial charge in [0.15, 0.2) is 5.76 Å². The fourth-order valence-electron chi connectivity index (χ4n) is 3.28. The van der Waals surface area contributed by atoms with E-state index in [1.54, 1.807) is 17.0 Å². The van der Waals surface area contributed by atoms with Crippen LogP contribution in [0.25, 0.3) is 0 Å². The molecule has 2 amide bonds. The van der Waals surface area contributed by atoms with E-state index in [4.69, 9.17) is 4.42 Å². The highest BCUT2D eigenvalue weighted by Gasteiger charge is 2.36. The van der Waals surface area contributed by atoms with Gasteiger partial charge in [0.1, 0.15) is 11.0 Å². The molecule has 1 aliphatic rings. The number of rotatable bonds is 3. The molecule has 0 saturated heterocycles. The number of hydrogen-bond acceptors (Lipinski definition) is 6. The average Bonchev–Trinajstić information content (AvgIpc) is 3.38. The van der Waals surface area contributed by atoms with Gasteiger partial charge in [0.05, 0.1) is 6.26 Å². The summed E-state index contributed by atoms with van der Waals surface area (Å²) in [5.74, 6) is -0.374. The van der Waals surface area contributed by atoms with E-state index in [-0.39, 0.29) is 23.0 Å². The molecule has 4 rings (SSSR count). The van der Waals surface area contributed by atoms with Crippen LogP contribution in [0.2, 0.25) is 0 Å². The smallest absolute Gasteiger partial charge is 0.290 e. The zero-order chi connectivity index (χ0) is 20.6. The monoisotopic (exact) mass is 410 g/mol. The molecule has 0 bridgehead atoms. The Morgan fingerprint density at radius 1 is 1.14 bits per heavy atom. The maximum Gasteiger partial charge on any atom is 0.290 e. The van der Waals surface area contributed by atoms with Crippen LogP contribution < -0.4 is 5.32 Å². The van der Waals surface area contributed by atoms with Crippen LogP contribution in [0, 0.1) is 0 Å². The number of nitrogens with zero attached hydrogens (tertiary/aromatic N) is 3. The molecular formula is C21H22N4O3S. The fraction of sp³-hybridized carbons (Fsp3) is 0.333. The molecule has 150 valence electrons. The summed E-state index contributed by atoms with van der Waals surface area (Å²) in [5.41, 5.74) is 1.94. The molecular weight excluding hydrogens is 388 g/mol. The number of nitrogens with one attached hydrogen (secondary N) is 1. The summed E-state index contributed by atoms with van der Waals surface area (Å²) in [6.45, 7) is 6.47. The van der Waals surface area contributed by atoms with Gasteiger partial charge in [0, 0.05) is 18.4 Å². The van der Waals surface area contributed by atoms with E-state index in [1.165, 1.54) is 17.6 Å². The van der Waals surface area contributed by atoms with E-state index in [2.05, 4.69) is 15.5 Å². The molecule has 2 aromatic heterocycles. The number of anilines is 1. The van der Waals surface area contributed by atoms with Crippen LogP contribution in [-0.2, 0) is 23.2 Å². The first-order valence-electron chi connectivity index (χ1n) is 9.39. The SMILES string of the molecule is CC(C)(C)c1nnc(NC(=O)C2Cc3ccccc3CN2C(=O)c2ccco2)s1. The summed E-state index contributed by atoms with van der Waals surface area (Å²) in [5, 5.41) is 12.4. The van der Waals surface area contributed by atoms with E-state index in [0.717, 1.165) is 16.1 Å². The lowest BCUT2D eigenvalue weighted by atomic mass is 9.93. The van der Waals surface area contributed by atoms with Crippen molar-refractivity contribution in [3.63, 3.8) is 0 Å². The number of aromatic nitrogens is 2. The first kappa shape index (κ1) is 19.3. The highest BCUT2D eigenvalue weighted by Crippen LogP contribution is 2.29. The predicted octanol–water partition coefficient (Wildman–Crippen LogP) is 3.63. The van der Waals surface area contributed by atoms with Crippen molar-refractivity contribution in [3.05, 3.63) is 64.6 Å². The minimum absolute atomic E-state index is 0.147. The summed E-state index contributed by atoms with van der Waals surface area (Å²) >= 11 is 1.35. The number of furan rings is 1. The molecule has 0 spiro atoms. The lowest BCUT2D eigenvalue weighted by Crippen LogP contribution is -2.50. The van der Waals surface area contributed by atoms with Crippen molar-refractivity contribution in [1.82, 2.24) is 15.1 Å². The van der Waals surface area contributed by atoms with E-state index < -0.39 is 6.04 Å². The van der Waals surface area contributed by atoms with Crippen molar-refractivity contribution in [3.8, 4) is 0 Å². The third kappa shape index (κ3) is 3.93. The Kier molecular flexibility index (Phi) is 4.96. The van der Waals surface area contributed by atoms with Crippen molar-refractivity contribution in [1.29, 1.82) is 0 Å². The number of amides is 2. The molecule has 0 saturated carbocycles. The van der Waals surface area contributed by atoms with Crippen molar-refractivity contribution in [2.24, 2.45) is 0 Å². The van der Waals surface area contributed by atoms with Crippen molar-refractivity contribution in [2.75, 3.05) is 5.32 Å². The number of benzene rings is 1. The topological polar surface area (TPSA) is 88.3 Å². The van der Waals surface area contributed by atoms with Crippen LogP contribution in [0.3, 0.4) is 0 Å². The van der Waals surface area contributed by atoms with Crippen LogP contribution in [0.1, 0.15) is 47.5 Å². The predicted molar refractivity (Wildman–Crippen MR) is 110 cm³/mol. The maximum absolute atomic E-state index is 13.1. The minimum atomic E-state index is -0.663. The van der Waals surface area contributed by atoms with Gasteiger partial charge in [-0.15, -0.1) is 10.2 Å². The zero-order valence-electron chi connectivity index (χ0n) is 16.5. The molecule has 0 fully saturated rings. The van der Waals surface area contributed by atoms with Crippen molar-refractivity contribution >= 4 is 28.3 Å². The van der Waals surface area contributed by atoms with E-state index >= 15 is 0 Å². The fourth-order valence-corrected chi connectivity index (χ4v) is 4.08. The quantitative estimate of drug-likeness (QED) is 0.712. The Labute approximate surface area is 172 Å². The molecule has 0 radical (unpaired) electrons. The highest BCUT2D eigenvalue weighted by molar-refractivity contribution is 7.15. The molecule has 0 aliphatic carbocycles. The number of carbonyl (C=O) groups excluding carboxylic acids is 2. The van der Waals surface area contributed by atoms with Crippen LogP contribution in [0.15, 0.2) is 47.1 Å².